The van der Waals surface area contributed by atoms with Gasteiger partial charge in [-0.1, -0.05) is 32.8 Å². The SMILES string of the molecule is C=CCOCCOCCOCCOCCOCCOCCOC(=O)C(CC)CCCC. The molecule has 31 heavy (non-hydrogen) atoms. The van der Waals surface area contributed by atoms with Gasteiger partial charge in [0.05, 0.1) is 85.2 Å². The van der Waals surface area contributed by atoms with E-state index in [4.69, 9.17) is 33.2 Å². The third-order valence-electron chi connectivity index (χ3n) is 4.30. The zero-order chi connectivity index (χ0) is 22.8. The van der Waals surface area contributed by atoms with E-state index in [1.165, 1.54) is 0 Å². The normalized spacial score (nSPS) is 12.1. The van der Waals surface area contributed by atoms with Crippen LogP contribution in [0.15, 0.2) is 12.7 Å². The van der Waals surface area contributed by atoms with Gasteiger partial charge in [-0.3, -0.25) is 4.79 Å². The highest BCUT2D eigenvalue weighted by molar-refractivity contribution is 5.72. The molecule has 0 rings (SSSR count). The molecule has 1 atom stereocenters. The number of carbonyl (C=O) groups is 1. The van der Waals surface area contributed by atoms with Crippen LogP contribution in [0.5, 0.6) is 0 Å². The molecule has 0 N–H and O–H groups in total. The third-order valence-corrected chi connectivity index (χ3v) is 4.30. The summed E-state index contributed by atoms with van der Waals surface area (Å²) in [7, 11) is 0. The molecule has 8 heteroatoms. The monoisotopic (exact) mass is 448 g/mol. The minimum atomic E-state index is -0.113. The standard InChI is InChI=1S/C23H44O8/c1-4-7-8-22(6-3)23(24)31-21-20-30-19-18-29-17-16-28-15-14-27-13-12-26-11-10-25-9-5-2/h5,22H,2,4,6-21H2,1,3H3. The average Bonchev–Trinajstić information content (AvgIpc) is 2.78. The summed E-state index contributed by atoms with van der Waals surface area (Å²) in [6, 6.07) is 0. The van der Waals surface area contributed by atoms with E-state index in [-0.39, 0.29) is 11.9 Å². The minimum absolute atomic E-state index is 0.00884. The predicted molar refractivity (Wildman–Crippen MR) is 119 cm³/mol. The number of hydrogen-bond donors (Lipinski definition) is 0. The second kappa shape index (κ2) is 25.2. The molecule has 184 valence electrons. The summed E-state index contributed by atoms with van der Waals surface area (Å²) in [6.45, 7) is 14.1. The molecule has 0 aromatic carbocycles. The minimum Gasteiger partial charge on any atom is -0.463 e. The lowest BCUT2D eigenvalue weighted by Gasteiger charge is -2.13. The second-order valence-electron chi connectivity index (χ2n) is 6.84. The summed E-state index contributed by atoms with van der Waals surface area (Å²) >= 11 is 0. The Hall–Kier alpha value is -1.03. The summed E-state index contributed by atoms with van der Waals surface area (Å²) in [5, 5.41) is 0. The van der Waals surface area contributed by atoms with Crippen molar-refractivity contribution in [2.75, 3.05) is 85.9 Å². The molecule has 0 aliphatic heterocycles. The summed E-state index contributed by atoms with van der Waals surface area (Å²) in [5.74, 6) is -0.104. The largest absolute Gasteiger partial charge is 0.463 e. The van der Waals surface area contributed by atoms with E-state index >= 15 is 0 Å². The third kappa shape index (κ3) is 22.0. The van der Waals surface area contributed by atoms with Crippen molar-refractivity contribution in [1.29, 1.82) is 0 Å². The van der Waals surface area contributed by atoms with Crippen LogP contribution in [0.4, 0.5) is 0 Å². The quantitative estimate of drug-likeness (QED) is 0.120. The topological polar surface area (TPSA) is 81.7 Å². The molecule has 0 bridgehead atoms. The fourth-order valence-corrected chi connectivity index (χ4v) is 2.52. The maximum Gasteiger partial charge on any atom is 0.308 e. The fraction of sp³-hybridized carbons (Fsp3) is 0.870. The van der Waals surface area contributed by atoms with Gasteiger partial charge in [0.25, 0.3) is 0 Å². The van der Waals surface area contributed by atoms with Crippen molar-refractivity contribution < 1.29 is 38.0 Å². The van der Waals surface area contributed by atoms with Crippen LogP contribution in [0.25, 0.3) is 0 Å². The highest BCUT2D eigenvalue weighted by atomic mass is 16.6. The molecule has 8 nitrogen and oxygen atoms in total. The van der Waals surface area contributed by atoms with Crippen LogP contribution in [0.2, 0.25) is 0 Å². The Morgan fingerprint density at radius 3 is 1.52 bits per heavy atom. The van der Waals surface area contributed by atoms with Crippen LogP contribution in [0, 0.1) is 5.92 Å². The first kappa shape index (κ1) is 30.0. The van der Waals surface area contributed by atoms with E-state index in [1.807, 2.05) is 6.92 Å². The molecule has 0 radical (unpaired) electrons. The molecule has 1 unspecified atom stereocenters. The fourth-order valence-electron chi connectivity index (χ4n) is 2.52. The van der Waals surface area contributed by atoms with Gasteiger partial charge in [0.15, 0.2) is 0 Å². The molecule has 0 heterocycles. The van der Waals surface area contributed by atoms with Gasteiger partial charge in [-0.2, -0.15) is 0 Å². The molecular formula is C23H44O8. The van der Waals surface area contributed by atoms with Crippen molar-refractivity contribution in [2.24, 2.45) is 5.92 Å². The van der Waals surface area contributed by atoms with Gasteiger partial charge >= 0.3 is 5.97 Å². The number of esters is 1. The number of carbonyl (C=O) groups excluding carboxylic acids is 1. The highest BCUT2D eigenvalue weighted by Gasteiger charge is 2.16. The summed E-state index contributed by atoms with van der Waals surface area (Å²) in [4.78, 5) is 11.9. The molecule has 0 saturated heterocycles. The van der Waals surface area contributed by atoms with E-state index in [0.29, 0.717) is 85.9 Å². The lowest BCUT2D eigenvalue weighted by Crippen LogP contribution is -2.20. The Labute approximate surface area is 188 Å². The first-order valence-corrected chi connectivity index (χ1v) is 11.5. The van der Waals surface area contributed by atoms with Crippen molar-refractivity contribution in [2.45, 2.75) is 39.5 Å². The second-order valence-corrected chi connectivity index (χ2v) is 6.84. The van der Waals surface area contributed by atoms with Gasteiger partial charge in [-0.25, -0.2) is 0 Å². The van der Waals surface area contributed by atoms with E-state index in [9.17, 15) is 4.79 Å². The van der Waals surface area contributed by atoms with Gasteiger partial charge in [-0.15, -0.1) is 6.58 Å². The van der Waals surface area contributed by atoms with Gasteiger partial charge < -0.3 is 33.2 Å². The molecule has 0 aliphatic rings. The van der Waals surface area contributed by atoms with Crippen molar-refractivity contribution in [3.05, 3.63) is 12.7 Å². The summed E-state index contributed by atoms with van der Waals surface area (Å²) < 4.78 is 37.5. The molecule has 0 saturated carbocycles. The van der Waals surface area contributed by atoms with Crippen LogP contribution < -0.4 is 0 Å². The molecule has 0 aromatic rings. The number of ether oxygens (including phenoxy) is 7. The van der Waals surface area contributed by atoms with Crippen LogP contribution in [0.3, 0.4) is 0 Å². The van der Waals surface area contributed by atoms with Crippen molar-refractivity contribution in [1.82, 2.24) is 0 Å². The van der Waals surface area contributed by atoms with Crippen molar-refractivity contribution in [3.63, 3.8) is 0 Å². The highest BCUT2D eigenvalue weighted by Crippen LogP contribution is 2.14. The van der Waals surface area contributed by atoms with Gasteiger partial charge in [0, 0.05) is 0 Å². The summed E-state index contributed by atoms with van der Waals surface area (Å²) in [6.07, 6.45) is 5.58. The van der Waals surface area contributed by atoms with E-state index in [1.54, 1.807) is 6.08 Å². The zero-order valence-electron chi connectivity index (χ0n) is 19.6. The Morgan fingerprint density at radius 1 is 0.710 bits per heavy atom. The summed E-state index contributed by atoms with van der Waals surface area (Å²) in [5.41, 5.74) is 0. The lowest BCUT2D eigenvalue weighted by atomic mass is 10.00. The van der Waals surface area contributed by atoms with Crippen molar-refractivity contribution >= 4 is 5.97 Å². The molecule has 0 aliphatic carbocycles. The average molecular weight is 449 g/mol. The van der Waals surface area contributed by atoms with Gasteiger partial charge in [0.2, 0.25) is 0 Å². The number of rotatable bonds is 25. The Bertz CT molecular complexity index is 392. The molecular weight excluding hydrogens is 404 g/mol. The zero-order valence-corrected chi connectivity index (χ0v) is 19.6. The molecule has 0 aromatic heterocycles. The van der Waals surface area contributed by atoms with E-state index in [2.05, 4.69) is 13.5 Å². The number of hydrogen-bond acceptors (Lipinski definition) is 8. The van der Waals surface area contributed by atoms with Crippen LogP contribution in [0.1, 0.15) is 39.5 Å². The maximum absolute atomic E-state index is 11.9. The first-order chi connectivity index (χ1) is 15.3. The van der Waals surface area contributed by atoms with Crippen LogP contribution in [-0.4, -0.2) is 91.9 Å². The smallest absolute Gasteiger partial charge is 0.308 e. The molecule has 0 amide bonds. The van der Waals surface area contributed by atoms with Crippen molar-refractivity contribution in [3.8, 4) is 0 Å². The first-order valence-electron chi connectivity index (χ1n) is 11.5. The lowest BCUT2D eigenvalue weighted by molar-refractivity contribution is -0.150. The molecule has 0 spiro atoms. The molecule has 0 fully saturated rings. The van der Waals surface area contributed by atoms with Gasteiger partial charge in [-0.05, 0) is 12.8 Å². The number of unbranched alkanes of at least 4 members (excludes halogenated alkanes) is 1. The van der Waals surface area contributed by atoms with E-state index in [0.717, 1.165) is 25.7 Å². The Balaban J connectivity index is 3.21. The van der Waals surface area contributed by atoms with Gasteiger partial charge in [0.1, 0.15) is 6.61 Å². The van der Waals surface area contributed by atoms with E-state index < -0.39 is 0 Å². The van der Waals surface area contributed by atoms with Crippen LogP contribution >= 0.6 is 0 Å². The Morgan fingerprint density at radius 2 is 1.13 bits per heavy atom. The maximum atomic E-state index is 11.9. The Kier molecular flexibility index (Phi) is 24.4. The van der Waals surface area contributed by atoms with Crippen LogP contribution in [-0.2, 0) is 38.0 Å². The predicted octanol–water partition coefficient (Wildman–Crippen LogP) is 3.03.